The van der Waals surface area contributed by atoms with Crippen molar-refractivity contribution in [2.75, 3.05) is 34.4 Å². The first-order valence-corrected chi connectivity index (χ1v) is 7.70. The zero-order valence-electron chi connectivity index (χ0n) is 14.3. The quantitative estimate of drug-likeness (QED) is 0.759. The van der Waals surface area contributed by atoms with Crippen molar-refractivity contribution in [2.45, 2.75) is 39.3 Å². The normalized spacial score (nSPS) is 12.8. The van der Waals surface area contributed by atoms with Gasteiger partial charge < -0.3 is 14.8 Å². The predicted octanol–water partition coefficient (Wildman–Crippen LogP) is 3.08. The molecule has 1 unspecified atom stereocenters. The predicted molar refractivity (Wildman–Crippen MR) is 88.3 cm³/mol. The molecule has 0 radical (unpaired) electrons. The molecule has 0 aliphatic carbocycles. The van der Waals surface area contributed by atoms with E-state index in [0.717, 1.165) is 24.6 Å². The summed E-state index contributed by atoms with van der Waals surface area (Å²) in [6, 6.07) is 6.95. The van der Waals surface area contributed by atoms with E-state index in [4.69, 9.17) is 9.47 Å². The maximum Gasteiger partial charge on any atom is 0.161 e. The smallest absolute Gasteiger partial charge is 0.161 e. The van der Waals surface area contributed by atoms with E-state index in [2.05, 4.69) is 43.1 Å². The number of methoxy groups -OCH3 is 2. The number of hydrogen-bond donors (Lipinski definition) is 1. The summed E-state index contributed by atoms with van der Waals surface area (Å²) < 4.78 is 10.7. The van der Waals surface area contributed by atoms with Crippen molar-refractivity contribution in [1.82, 2.24) is 10.2 Å². The third-order valence-corrected chi connectivity index (χ3v) is 3.82. The van der Waals surface area contributed by atoms with Crippen molar-refractivity contribution < 1.29 is 9.47 Å². The van der Waals surface area contributed by atoms with Crippen LogP contribution in [0.4, 0.5) is 0 Å². The summed E-state index contributed by atoms with van der Waals surface area (Å²) in [6.45, 7) is 8.81. The van der Waals surface area contributed by atoms with Gasteiger partial charge in [0.05, 0.1) is 14.2 Å². The van der Waals surface area contributed by atoms with E-state index in [-0.39, 0.29) is 6.04 Å². The zero-order valence-corrected chi connectivity index (χ0v) is 14.3. The summed E-state index contributed by atoms with van der Waals surface area (Å²) in [5.74, 6) is 1.55. The van der Waals surface area contributed by atoms with Crippen LogP contribution in [0.1, 0.15) is 38.8 Å². The third-order valence-electron chi connectivity index (χ3n) is 3.82. The fraction of sp³-hybridized carbons (Fsp3) is 0.647. The van der Waals surface area contributed by atoms with Gasteiger partial charge >= 0.3 is 0 Å². The summed E-state index contributed by atoms with van der Waals surface area (Å²) >= 11 is 0. The number of nitrogens with one attached hydrogen (secondary N) is 1. The lowest BCUT2D eigenvalue weighted by Gasteiger charge is -2.30. The molecule has 4 heteroatoms. The molecule has 0 spiro atoms. The van der Waals surface area contributed by atoms with E-state index in [1.165, 1.54) is 12.0 Å². The van der Waals surface area contributed by atoms with E-state index in [1.54, 1.807) is 14.2 Å². The van der Waals surface area contributed by atoms with Crippen LogP contribution in [0.15, 0.2) is 18.2 Å². The summed E-state index contributed by atoms with van der Waals surface area (Å²) in [4.78, 5) is 2.50. The van der Waals surface area contributed by atoms with Gasteiger partial charge in [-0.2, -0.15) is 0 Å². The molecule has 0 saturated carbocycles. The molecule has 0 fully saturated rings. The molecule has 0 amide bonds. The molecule has 1 rings (SSSR count). The first-order valence-electron chi connectivity index (χ1n) is 7.70. The lowest BCUT2D eigenvalue weighted by atomic mass is 10.0. The van der Waals surface area contributed by atoms with Crippen molar-refractivity contribution in [3.63, 3.8) is 0 Å². The summed E-state index contributed by atoms with van der Waals surface area (Å²) in [5.41, 5.74) is 1.22. The van der Waals surface area contributed by atoms with Crippen LogP contribution >= 0.6 is 0 Å². The Bertz CT molecular complexity index is 421. The summed E-state index contributed by atoms with van der Waals surface area (Å²) in [7, 11) is 5.34. The number of ether oxygens (including phenoxy) is 2. The molecular weight excluding hydrogens is 264 g/mol. The molecule has 120 valence electrons. The Morgan fingerprint density at radius 2 is 1.81 bits per heavy atom. The molecular formula is C17H30N2O2. The average molecular weight is 294 g/mol. The fourth-order valence-corrected chi connectivity index (χ4v) is 2.51. The van der Waals surface area contributed by atoms with E-state index in [9.17, 15) is 0 Å². The Kier molecular flexibility index (Phi) is 7.54. The summed E-state index contributed by atoms with van der Waals surface area (Å²) in [5, 5.41) is 3.41. The minimum atomic E-state index is 0.277. The molecule has 21 heavy (non-hydrogen) atoms. The van der Waals surface area contributed by atoms with Crippen molar-refractivity contribution in [2.24, 2.45) is 0 Å². The van der Waals surface area contributed by atoms with Crippen molar-refractivity contribution in [1.29, 1.82) is 0 Å². The highest BCUT2D eigenvalue weighted by Crippen LogP contribution is 2.30. The molecule has 1 atom stereocenters. The van der Waals surface area contributed by atoms with Gasteiger partial charge in [-0.05, 0) is 51.6 Å². The van der Waals surface area contributed by atoms with Crippen molar-refractivity contribution >= 4 is 0 Å². The van der Waals surface area contributed by atoms with Crippen LogP contribution in [-0.2, 0) is 0 Å². The first-order chi connectivity index (χ1) is 10.1. The average Bonchev–Trinajstić information content (AvgIpc) is 2.50. The number of rotatable bonds is 9. The molecule has 0 bridgehead atoms. The second-order valence-electron chi connectivity index (χ2n) is 5.54. The van der Waals surface area contributed by atoms with Crippen molar-refractivity contribution in [3.05, 3.63) is 23.8 Å². The van der Waals surface area contributed by atoms with Gasteiger partial charge in [0.2, 0.25) is 0 Å². The molecule has 4 nitrogen and oxygen atoms in total. The highest BCUT2D eigenvalue weighted by atomic mass is 16.5. The molecule has 0 heterocycles. The number of benzene rings is 1. The standard InChI is InChI=1S/C17H30N2O2/c1-7-10-19(13(2)3)12-15(18-4)14-8-9-16(20-5)17(11-14)21-6/h8-9,11,13,15,18H,7,10,12H2,1-6H3. The van der Waals surface area contributed by atoms with Gasteiger partial charge in [-0.1, -0.05) is 13.0 Å². The Hall–Kier alpha value is -1.26. The van der Waals surface area contributed by atoms with Crippen LogP contribution < -0.4 is 14.8 Å². The summed E-state index contributed by atoms with van der Waals surface area (Å²) in [6.07, 6.45) is 1.17. The van der Waals surface area contributed by atoms with Crippen LogP contribution in [0.3, 0.4) is 0 Å². The number of hydrogen-bond acceptors (Lipinski definition) is 4. The maximum atomic E-state index is 5.41. The van der Waals surface area contributed by atoms with Crippen LogP contribution in [0, 0.1) is 0 Å². The second kappa shape index (κ2) is 8.90. The topological polar surface area (TPSA) is 33.7 Å². The number of nitrogens with zero attached hydrogens (tertiary/aromatic N) is 1. The zero-order chi connectivity index (χ0) is 15.8. The van der Waals surface area contributed by atoms with Gasteiger partial charge in [0.25, 0.3) is 0 Å². The van der Waals surface area contributed by atoms with Crippen molar-refractivity contribution in [3.8, 4) is 11.5 Å². The van der Waals surface area contributed by atoms with Gasteiger partial charge in [-0.15, -0.1) is 0 Å². The molecule has 1 N–H and O–H groups in total. The van der Waals surface area contributed by atoms with E-state index < -0.39 is 0 Å². The largest absolute Gasteiger partial charge is 0.493 e. The molecule has 0 aliphatic rings. The first kappa shape index (κ1) is 17.8. The van der Waals surface area contributed by atoms with E-state index in [0.29, 0.717) is 6.04 Å². The van der Waals surface area contributed by atoms with Gasteiger partial charge in [0.15, 0.2) is 11.5 Å². The number of likely N-dealkylation sites (N-methyl/N-ethyl adjacent to an activating group) is 1. The van der Waals surface area contributed by atoms with Gasteiger partial charge in [-0.25, -0.2) is 0 Å². The van der Waals surface area contributed by atoms with Crippen LogP contribution in [0.2, 0.25) is 0 Å². The van der Waals surface area contributed by atoms with Crippen LogP contribution in [0.5, 0.6) is 11.5 Å². The fourth-order valence-electron chi connectivity index (χ4n) is 2.51. The van der Waals surface area contributed by atoms with E-state index in [1.807, 2.05) is 13.1 Å². The SMILES string of the molecule is CCCN(CC(NC)c1ccc(OC)c(OC)c1)C(C)C. The Morgan fingerprint density at radius 3 is 2.29 bits per heavy atom. The molecule has 0 saturated heterocycles. The highest BCUT2D eigenvalue weighted by molar-refractivity contribution is 5.43. The van der Waals surface area contributed by atoms with Gasteiger partial charge in [-0.3, -0.25) is 4.90 Å². The van der Waals surface area contributed by atoms with Crippen LogP contribution in [-0.4, -0.2) is 45.3 Å². The van der Waals surface area contributed by atoms with Crippen LogP contribution in [0.25, 0.3) is 0 Å². The second-order valence-corrected chi connectivity index (χ2v) is 5.54. The molecule has 0 aromatic heterocycles. The minimum absolute atomic E-state index is 0.277. The lowest BCUT2D eigenvalue weighted by molar-refractivity contribution is 0.200. The van der Waals surface area contributed by atoms with Gasteiger partial charge in [0.1, 0.15) is 0 Å². The molecule has 1 aromatic carbocycles. The highest BCUT2D eigenvalue weighted by Gasteiger charge is 2.18. The van der Waals surface area contributed by atoms with E-state index >= 15 is 0 Å². The third kappa shape index (κ3) is 4.90. The Labute approximate surface area is 129 Å². The Balaban J connectivity index is 2.93. The molecule has 0 aliphatic heterocycles. The lowest BCUT2D eigenvalue weighted by Crippen LogP contribution is -2.38. The monoisotopic (exact) mass is 294 g/mol. The minimum Gasteiger partial charge on any atom is -0.493 e. The molecule has 1 aromatic rings. The maximum absolute atomic E-state index is 5.41. The van der Waals surface area contributed by atoms with Gasteiger partial charge in [0, 0.05) is 18.6 Å². The Morgan fingerprint density at radius 1 is 1.14 bits per heavy atom.